The van der Waals surface area contributed by atoms with E-state index in [9.17, 15) is 18.0 Å². The van der Waals surface area contributed by atoms with E-state index in [0.717, 1.165) is 32.4 Å². The molecule has 2 saturated heterocycles. The van der Waals surface area contributed by atoms with Crippen molar-refractivity contribution < 1.29 is 22.7 Å². The Bertz CT molecular complexity index is 650. The van der Waals surface area contributed by atoms with Crippen molar-refractivity contribution in [2.75, 3.05) is 13.1 Å². The predicted molar refractivity (Wildman–Crippen MR) is 85.1 cm³/mol. The van der Waals surface area contributed by atoms with Crippen molar-refractivity contribution >= 4 is 5.91 Å². The molecule has 4 atom stereocenters. The van der Waals surface area contributed by atoms with Gasteiger partial charge in [-0.2, -0.15) is 0 Å². The number of nitrogens with one attached hydrogen (secondary N) is 1. The Balaban J connectivity index is 1.50. The lowest BCUT2D eigenvalue weighted by atomic mass is 10.1. The van der Waals surface area contributed by atoms with Gasteiger partial charge in [0.05, 0.1) is 0 Å². The molecular weight excluding hydrogens is 333 g/mol. The molecular formula is C18H21F3N2O2. The summed E-state index contributed by atoms with van der Waals surface area (Å²) in [5.74, 6) is -0.486. The Hall–Kier alpha value is -1.76. The van der Waals surface area contributed by atoms with Crippen LogP contribution in [0.2, 0.25) is 0 Å². The van der Waals surface area contributed by atoms with E-state index in [0.29, 0.717) is 12.0 Å². The highest BCUT2D eigenvalue weighted by molar-refractivity contribution is 5.84. The molecule has 1 saturated carbocycles. The van der Waals surface area contributed by atoms with Crippen LogP contribution in [0.3, 0.4) is 0 Å². The molecule has 4 unspecified atom stereocenters. The molecule has 7 heteroatoms. The molecule has 1 aromatic carbocycles. The second-order valence-corrected chi connectivity index (χ2v) is 7.16. The summed E-state index contributed by atoms with van der Waals surface area (Å²) in [7, 11) is 0. The zero-order valence-corrected chi connectivity index (χ0v) is 13.8. The van der Waals surface area contributed by atoms with Crippen molar-refractivity contribution in [3.63, 3.8) is 0 Å². The molecule has 3 fully saturated rings. The van der Waals surface area contributed by atoms with Crippen LogP contribution in [0.25, 0.3) is 0 Å². The number of benzene rings is 1. The summed E-state index contributed by atoms with van der Waals surface area (Å²) in [6.45, 7) is 1.73. The van der Waals surface area contributed by atoms with E-state index >= 15 is 0 Å². The van der Waals surface area contributed by atoms with Crippen LogP contribution in [0.15, 0.2) is 24.3 Å². The Morgan fingerprint density at radius 2 is 1.92 bits per heavy atom. The van der Waals surface area contributed by atoms with Gasteiger partial charge in [-0.25, -0.2) is 0 Å². The lowest BCUT2D eigenvalue weighted by Gasteiger charge is -2.28. The normalized spacial score (nSPS) is 31.6. The molecule has 2 heterocycles. The average molecular weight is 354 g/mol. The first-order valence-corrected chi connectivity index (χ1v) is 8.81. The van der Waals surface area contributed by atoms with Gasteiger partial charge in [0.15, 0.2) is 0 Å². The van der Waals surface area contributed by atoms with Gasteiger partial charge in [-0.15, -0.1) is 13.2 Å². The van der Waals surface area contributed by atoms with Gasteiger partial charge in [-0.1, -0.05) is 18.2 Å². The summed E-state index contributed by atoms with van der Waals surface area (Å²) in [5, 5.41) is 3.36. The van der Waals surface area contributed by atoms with Crippen LogP contribution in [-0.4, -0.2) is 42.3 Å². The largest absolute Gasteiger partial charge is 0.573 e. The highest BCUT2D eigenvalue weighted by Crippen LogP contribution is 2.52. The monoisotopic (exact) mass is 354 g/mol. The van der Waals surface area contributed by atoms with E-state index in [2.05, 4.69) is 10.1 Å². The van der Waals surface area contributed by atoms with Gasteiger partial charge in [0.1, 0.15) is 5.75 Å². The van der Waals surface area contributed by atoms with Crippen LogP contribution in [0.1, 0.15) is 37.2 Å². The van der Waals surface area contributed by atoms with Crippen molar-refractivity contribution in [3.8, 4) is 5.75 Å². The molecule has 1 N–H and O–H groups in total. The minimum atomic E-state index is -4.72. The molecule has 2 aliphatic heterocycles. The van der Waals surface area contributed by atoms with Gasteiger partial charge < -0.3 is 15.0 Å². The third-order valence-corrected chi connectivity index (χ3v) is 5.56. The number of fused-ring (bicyclic) bond motifs is 2. The lowest BCUT2D eigenvalue weighted by Crippen LogP contribution is -2.43. The number of amides is 1. The summed E-state index contributed by atoms with van der Waals surface area (Å²) in [4.78, 5) is 15.0. The first kappa shape index (κ1) is 16.7. The summed E-state index contributed by atoms with van der Waals surface area (Å²) >= 11 is 0. The first-order chi connectivity index (χ1) is 11.9. The smallest absolute Gasteiger partial charge is 0.405 e. The number of carbonyl (C=O) groups is 1. The van der Waals surface area contributed by atoms with E-state index in [1.807, 2.05) is 4.90 Å². The molecule has 0 radical (unpaired) electrons. The van der Waals surface area contributed by atoms with Crippen LogP contribution < -0.4 is 10.1 Å². The van der Waals surface area contributed by atoms with Crippen LogP contribution in [0, 0.1) is 5.92 Å². The second-order valence-electron chi connectivity index (χ2n) is 7.16. The topological polar surface area (TPSA) is 41.6 Å². The highest BCUT2D eigenvalue weighted by atomic mass is 19.4. The number of alkyl halides is 3. The summed E-state index contributed by atoms with van der Waals surface area (Å²) in [5.41, 5.74) is 0.485. The van der Waals surface area contributed by atoms with Gasteiger partial charge in [0.2, 0.25) is 5.91 Å². The predicted octanol–water partition coefficient (Wildman–Crippen LogP) is 3.04. The molecule has 3 aliphatic rings. The van der Waals surface area contributed by atoms with Crippen molar-refractivity contribution in [2.45, 2.75) is 50.0 Å². The number of hydrogen-bond acceptors (Lipinski definition) is 3. The maximum atomic E-state index is 13.0. The summed E-state index contributed by atoms with van der Waals surface area (Å²) in [6.07, 6.45) is -1.13. The average Bonchev–Trinajstić information content (AvgIpc) is 3.25. The fourth-order valence-electron chi connectivity index (χ4n) is 4.35. The van der Waals surface area contributed by atoms with E-state index in [4.69, 9.17) is 0 Å². The Morgan fingerprint density at radius 3 is 2.72 bits per heavy atom. The summed E-state index contributed by atoms with van der Waals surface area (Å²) < 4.78 is 42.0. The van der Waals surface area contributed by atoms with Gasteiger partial charge in [0.25, 0.3) is 0 Å². The van der Waals surface area contributed by atoms with Crippen LogP contribution in [0.5, 0.6) is 5.75 Å². The number of halogens is 3. The first-order valence-electron chi connectivity index (χ1n) is 8.81. The maximum absolute atomic E-state index is 13.0. The number of para-hydroxylation sites is 1. The number of rotatable bonds is 3. The quantitative estimate of drug-likeness (QED) is 0.907. The number of carbonyl (C=O) groups excluding carboxylic acids is 1. The van der Waals surface area contributed by atoms with E-state index in [1.165, 1.54) is 12.1 Å². The molecule has 4 rings (SSSR count). The summed E-state index contributed by atoms with van der Waals surface area (Å²) in [6, 6.07) is 6.67. The Morgan fingerprint density at radius 1 is 1.16 bits per heavy atom. The molecule has 2 bridgehead atoms. The number of hydrogen-bond donors (Lipinski definition) is 1. The Labute approximate surface area is 144 Å². The van der Waals surface area contributed by atoms with Crippen molar-refractivity contribution in [1.29, 1.82) is 0 Å². The van der Waals surface area contributed by atoms with Gasteiger partial charge >= 0.3 is 6.36 Å². The van der Waals surface area contributed by atoms with Crippen LogP contribution >= 0.6 is 0 Å². The maximum Gasteiger partial charge on any atom is 0.573 e. The minimum absolute atomic E-state index is 0.100. The van der Waals surface area contributed by atoms with E-state index in [-0.39, 0.29) is 35.6 Å². The van der Waals surface area contributed by atoms with Crippen molar-refractivity contribution in [3.05, 3.63) is 29.8 Å². The number of nitrogens with zero attached hydrogens (tertiary/aromatic N) is 1. The zero-order chi connectivity index (χ0) is 17.6. The van der Waals surface area contributed by atoms with Crippen LogP contribution in [0.4, 0.5) is 13.2 Å². The third-order valence-electron chi connectivity index (χ3n) is 5.56. The fourth-order valence-corrected chi connectivity index (χ4v) is 4.35. The van der Waals surface area contributed by atoms with Crippen molar-refractivity contribution in [1.82, 2.24) is 10.2 Å². The second kappa shape index (κ2) is 6.20. The fraction of sp³-hybridized carbons (Fsp3) is 0.611. The zero-order valence-electron chi connectivity index (χ0n) is 13.8. The molecule has 1 aromatic rings. The molecule has 0 spiro atoms. The lowest BCUT2D eigenvalue weighted by molar-refractivity contribution is -0.274. The van der Waals surface area contributed by atoms with Gasteiger partial charge in [0, 0.05) is 24.5 Å². The molecule has 25 heavy (non-hydrogen) atoms. The van der Waals surface area contributed by atoms with E-state index < -0.39 is 6.36 Å². The molecule has 1 amide bonds. The minimum Gasteiger partial charge on any atom is -0.405 e. The third kappa shape index (κ3) is 3.34. The van der Waals surface area contributed by atoms with E-state index in [1.54, 1.807) is 12.1 Å². The van der Waals surface area contributed by atoms with Crippen molar-refractivity contribution in [2.24, 2.45) is 5.92 Å². The number of ether oxygens (including phenoxy) is 1. The standard InChI is InChI=1S/C18H21F3N2O2/c19-18(20,21)25-16-4-2-1-3-13(16)14-9-15(14)17(24)23-11-5-6-12(23)10-22-8-7-11/h1-4,11-12,14-15,22H,5-10H2. The Kier molecular flexibility index (Phi) is 4.14. The molecule has 4 nitrogen and oxygen atoms in total. The molecule has 136 valence electrons. The van der Waals surface area contributed by atoms with Gasteiger partial charge in [-0.3, -0.25) is 4.79 Å². The van der Waals surface area contributed by atoms with Crippen LogP contribution in [-0.2, 0) is 4.79 Å². The highest BCUT2D eigenvalue weighted by Gasteiger charge is 2.51. The molecule has 0 aromatic heterocycles. The molecule has 1 aliphatic carbocycles. The van der Waals surface area contributed by atoms with Gasteiger partial charge in [-0.05, 0) is 49.8 Å². The SMILES string of the molecule is O=C(C1CC1c1ccccc1OC(F)(F)F)N1C2CCNCC1CC2.